The molecule has 0 aromatic heterocycles. The number of anilines is 1. The molecule has 0 saturated carbocycles. The van der Waals surface area contributed by atoms with Gasteiger partial charge < -0.3 is 10.4 Å². The normalized spacial score (nSPS) is 10.1. The van der Waals surface area contributed by atoms with E-state index >= 15 is 0 Å². The monoisotopic (exact) mass is 230 g/mol. The van der Waals surface area contributed by atoms with Gasteiger partial charge in [-0.3, -0.25) is 10.1 Å². The SMILES string of the molecule is Cc1cc([N+](=O)[O-])c(Cl)cc1NCCO. The highest BCUT2D eigenvalue weighted by Gasteiger charge is 2.14. The molecule has 5 nitrogen and oxygen atoms in total. The third kappa shape index (κ3) is 2.81. The molecular weight excluding hydrogens is 220 g/mol. The highest BCUT2D eigenvalue weighted by molar-refractivity contribution is 6.33. The van der Waals surface area contributed by atoms with E-state index in [4.69, 9.17) is 16.7 Å². The first-order valence-corrected chi connectivity index (χ1v) is 4.73. The van der Waals surface area contributed by atoms with Gasteiger partial charge in [-0.2, -0.15) is 0 Å². The first-order valence-electron chi connectivity index (χ1n) is 4.35. The van der Waals surface area contributed by atoms with Crippen molar-refractivity contribution in [1.82, 2.24) is 0 Å². The number of aliphatic hydroxyl groups excluding tert-OH is 1. The maximum atomic E-state index is 10.6. The summed E-state index contributed by atoms with van der Waals surface area (Å²) >= 11 is 5.73. The van der Waals surface area contributed by atoms with Gasteiger partial charge in [0, 0.05) is 18.3 Å². The van der Waals surface area contributed by atoms with Crippen LogP contribution in [0, 0.1) is 17.0 Å². The number of nitro benzene ring substituents is 1. The van der Waals surface area contributed by atoms with Gasteiger partial charge in [0.15, 0.2) is 0 Å². The van der Waals surface area contributed by atoms with E-state index in [0.717, 1.165) is 5.56 Å². The quantitative estimate of drug-likeness (QED) is 0.613. The summed E-state index contributed by atoms with van der Waals surface area (Å²) in [7, 11) is 0. The van der Waals surface area contributed by atoms with Crippen LogP contribution in [0.15, 0.2) is 12.1 Å². The van der Waals surface area contributed by atoms with Crippen molar-refractivity contribution < 1.29 is 10.0 Å². The zero-order valence-electron chi connectivity index (χ0n) is 8.16. The zero-order chi connectivity index (χ0) is 11.4. The summed E-state index contributed by atoms with van der Waals surface area (Å²) in [5.41, 5.74) is 1.31. The highest BCUT2D eigenvalue weighted by Crippen LogP contribution is 2.30. The molecule has 0 bridgehead atoms. The molecule has 15 heavy (non-hydrogen) atoms. The fourth-order valence-electron chi connectivity index (χ4n) is 1.19. The van der Waals surface area contributed by atoms with Gasteiger partial charge in [-0.1, -0.05) is 11.6 Å². The molecule has 1 aromatic rings. The molecule has 6 heteroatoms. The summed E-state index contributed by atoms with van der Waals surface area (Å²) in [6.45, 7) is 2.12. The van der Waals surface area contributed by atoms with Gasteiger partial charge >= 0.3 is 0 Å². The number of halogens is 1. The molecule has 1 rings (SSSR count). The predicted molar refractivity (Wildman–Crippen MR) is 58.4 cm³/mol. The van der Waals surface area contributed by atoms with Crippen LogP contribution in [0.25, 0.3) is 0 Å². The van der Waals surface area contributed by atoms with Crippen LogP contribution in [-0.4, -0.2) is 23.2 Å². The van der Waals surface area contributed by atoms with Crippen LogP contribution in [0.1, 0.15) is 5.56 Å². The first kappa shape index (κ1) is 11.7. The second-order valence-electron chi connectivity index (χ2n) is 3.03. The third-order valence-electron chi connectivity index (χ3n) is 1.92. The number of rotatable bonds is 4. The number of hydrogen-bond acceptors (Lipinski definition) is 4. The number of nitrogens with zero attached hydrogens (tertiary/aromatic N) is 1. The summed E-state index contributed by atoms with van der Waals surface area (Å²) in [6.07, 6.45) is 0. The molecule has 0 saturated heterocycles. The minimum atomic E-state index is -0.523. The predicted octanol–water partition coefficient (Wildman–Crippen LogP) is 1.96. The Morgan fingerprint density at radius 1 is 1.60 bits per heavy atom. The standard InChI is InChI=1S/C9H11ClN2O3/c1-6-4-9(12(14)15)7(10)5-8(6)11-2-3-13/h4-5,11,13H,2-3H2,1H3. The molecule has 82 valence electrons. The topological polar surface area (TPSA) is 75.4 Å². The summed E-state index contributed by atoms with van der Waals surface area (Å²) in [5.74, 6) is 0. The van der Waals surface area contributed by atoms with E-state index in [1.165, 1.54) is 12.1 Å². The Balaban J connectivity index is 3.02. The number of aliphatic hydroxyl groups is 1. The lowest BCUT2D eigenvalue weighted by Crippen LogP contribution is -2.07. The molecule has 0 amide bonds. The lowest BCUT2D eigenvalue weighted by atomic mass is 10.2. The first-order chi connectivity index (χ1) is 7.06. The Labute approximate surface area is 91.8 Å². The van der Waals surface area contributed by atoms with Crippen LogP contribution in [0.4, 0.5) is 11.4 Å². The van der Waals surface area contributed by atoms with Crippen molar-refractivity contribution in [3.05, 3.63) is 32.8 Å². The van der Waals surface area contributed by atoms with Gasteiger partial charge in [-0.15, -0.1) is 0 Å². The van der Waals surface area contributed by atoms with Crippen LogP contribution < -0.4 is 5.32 Å². The average Bonchev–Trinajstić information content (AvgIpc) is 2.18. The van der Waals surface area contributed by atoms with Gasteiger partial charge in [0.25, 0.3) is 5.69 Å². The Morgan fingerprint density at radius 2 is 2.27 bits per heavy atom. The largest absolute Gasteiger partial charge is 0.395 e. The Morgan fingerprint density at radius 3 is 2.80 bits per heavy atom. The van der Waals surface area contributed by atoms with E-state index in [9.17, 15) is 10.1 Å². The number of benzene rings is 1. The Bertz CT molecular complexity index is 382. The Hall–Kier alpha value is -1.33. The number of hydrogen-bond donors (Lipinski definition) is 2. The molecule has 2 N–H and O–H groups in total. The maximum Gasteiger partial charge on any atom is 0.288 e. The fraction of sp³-hybridized carbons (Fsp3) is 0.333. The summed E-state index contributed by atoms with van der Waals surface area (Å²) in [5, 5.41) is 22.2. The molecule has 0 unspecified atom stereocenters. The molecule has 1 aromatic carbocycles. The smallest absolute Gasteiger partial charge is 0.288 e. The van der Waals surface area contributed by atoms with Crippen molar-refractivity contribution in [1.29, 1.82) is 0 Å². The number of aryl methyl sites for hydroxylation is 1. The van der Waals surface area contributed by atoms with Gasteiger partial charge in [0.2, 0.25) is 0 Å². The van der Waals surface area contributed by atoms with Gasteiger partial charge in [-0.05, 0) is 18.6 Å². The van der Waals surface area contributed by atoms with Crippen molar-refractivity contribution in [2.24, 2.45) is 0 Å². The van der Waals surface area contributed by atoms with E-state index in [-0.39, 0.29) is 17.3 Å². The second-order valence-corrected chi connectivity index (χ2v) is 3.43. The lowest BCUT2D eigenvalue weighted by molar-refractivity contribution is -0.384. The zero-order valence-corrected chi connectivity index (χ0v) is 8.91. The fourth-order valence-corrected chi connectivity index (χ4v) is 1.42. The van der Waals surface area contributed by atoms with Crippen molar-refractivity contribution in [2.75, 3.05) is 18.5 Å². The molecule has 0 aliphatic heterocycles. The number of nitrogens with one attached hydrogen (secondary N) is 1. The van der Waals surface area contributed by atoms with E-state index in [2.05, 4.69) is 5.32 Å². The van der Waals surface area contributed by atoms with Crippen LogP contribution in [0.5, 0.6) is 0 Å². The van der Waals surface area contributed by atoms with E-state index in [1.807, 2.05) is 0 Å². The van der Waals surface area contributed by atoms with Crippen molar-refractivity contribution in [2.45, 2.75) is 6.92 Å². The van der Waals surface area contributed by atoms with Crippen molar-refractivity contribution in [3.8, 4) is 0 Å². The van der Waals surface area contributed by atoms with Gasteiger partial charge in [0.05, 0.1) is 11.5 Å². The van der Waals surface area contributed by atoms with Crippen LogP contribution in [0.2, 0.25) is 5.02 Å². The molecule has 0 heterocycles. The van der Waals surface area contributed by atoms with E-state index in [0.29, 0.717) is 12.2 Å². The lowest BCUT2D eigenvalue weighted by Gasteiger charge is -2.08. The Kier molecular flexibility index (Phi) is 3.88. The van der Waals surface area contributed by atoms with Crippen molar-refractivity contribution in [3.63, 3.8) is 0 Å². The van der Waals surface area contributed by atoms with Crippen LogP contribution in [-0.2, 0) is 0 Å². The molecular formula is C9H11ClN2O3. The van der Waals surface area contributed by atoms with Crippen molar-refractivity contribution >= 4 is 23.0 Å². The second kappa shape index (κ2) is 4.95. The van der Waals surface area contributed by atoms with Crippen LogP contribution >= 0.6 is 11.6 Å². The molecule has 0 aliphatic rings. The minimum absolute atomic E-state index is 0.00591. The summed E-state index contributed by atoms with van der Waals surface area (Å²) < 4.78 is 0. The third-order valence-corrected chi connectivity index (χ3v) is 2.22. The van der Waals surface area contributed by atoms with E-state index < -0.39 is 4.92 Å². The molecule has 0 atom stereocenters. The maximum absolute atomic E-state index is 10.6. The van der Waals surface area contributed by atoms with Gasteiger partial charge in [0.1, 0.15) is 5.02 Å². The molecule has 0 aliphatic carbocycles. The molecule has 0 spiro atoms. The molecule has 0 fully saturated rings. The van der Waals surface area contributed by atoms with E-state index in [1.54, 1.807) is 6.92 Å². The van der Waals surface area contributed by atoms with Crippen LogP contribution in [0.3, 0.4) is 0 Å². The summed E-state index contributed by atoms with van der Waals surface area (Å²) in [4.78, 5) is 10.0. The average molecular weight is 231 g/mol. The summed E-state index contributed by atoms with van der Waals surface area (Å²) in [6, 6.07) is 2.90. The highest BCUT2D eigenvalue weighted by atomic mass is 35.5. The minimum Gasteiger partial charge on any atom is -0.395 e. The molecule has 0 radical (unpaired) electrons. The number of nitro groups is 1. The van der Waals surface area contributed by atoms with Gasteiger partial charge in [-0.25, -0.2) is 0 Å².